The number of aromatic nitrogens is 4. The molecule has 4 saturated carbocycles. The molecule has 37 heavy (non-hydrogen) atoms. The number of hydrogen-bond donors (Lipinski definition) is 1. The molecule has 7 nitrogen and oxygen atoms in total. The van der Waals surface area contributed by atoms with Crippen molar-refractivity contribution in [2.24, 2.45) is 17.8 Å². The van der Waals surface area contributed by atoms with Crippen LogP contribution >= 0.6 is 11.8 Å². The molecule has 0 aliphatic heterocycles. The second kappa shape index (κ2) is 8.65. The number of nitrogens with zero attached hydrogens (tertiary/aromatic N) is 4. The maximum Gasteiger partial charge on any atom is 0.300 e. The van der Waals surface area contributed by atoms with E-state index in [1.54, 1.807) is 4.52 Å². The fourth-order valence-electron chi connectivity index (χ4n) is 7.32. The molecule has 2 aromatic carbocycles. The lowest BCUT2D eigenvalue weighted by Crippen LogP contribution is -2.60. The molecule has 4 fully saturated rings. The normalized spacial score (nSPS) is 26.1. The molecule has 188 valence electrons. The number of para-hydroxylation sites is 1. The average Bonchev–Trinajstić information content (AvgIpc) is 2.86. The van der Waals surface area contributed by atoms with Gasteiger partial charge in [0.15, 0.2) is 16.5 Å². The number of rotatable bonds is 5. The number of nitrogens with one attached hydrogen (secondary N) is 1. The predicted octanol–water partition coefficient (Wildman–Crippen LogP) is 4.79. The van der Waals surface area contributed by atoms with Crippen molar-refractivity contribution in [1.82, 2.24) is 24.9 Å². The Kier molecular flexibility index (Phi) is 5.36. The minimum Gasteiger partial charge on any atom is -0.350 e. The van der Waals surface area contributed by atoms with Gasteiger partial charge >= 0.3 is 0 Å². The summed E-state index contributed by atoms with van der Waals surface area (Å²) >= 11 is 1.35. The molecule has 0 unspecified atom stereocenters. The van der Waals surface area contributed by atoms with E-state index in [1.807, 2.05) is 55.5 Å². The summed E-state index contributed by atoms with van der Waals surface area (Å²) in [4.78, 5) is 35.5. The fraction of sp³-hybridized carbons (Fsp3) is 0.414. The van der Waals surface area contributed by atoms with Gasteiger partial charge in [-0.25, -0.2) is 4.98 Å². The highest BCUT2D eigenvalue weighted by molar-refractivity contribution is 7.99. The van der Waals surface area contributed by atoms with Gasteiger partial charge in [-0.1, -0.05) is 53.7 Å². The summed E-state index contributed by atoms with van der Waals surface area (Å²) in [7, 11) is 0. The van der Waals surface area contributed by atoms with Crippen LogP contribution in [0.3, 0.4) is 0 Å². The van der Waals surface area contributed by atoms with Gasteiger partial charge in [0, 0.05) is 16.5 Å². The Labute approximate surface area is 219 Å². The zero-order valence-electron chi connectivity index (χ0n) is 20.8. The molecule has 0 saturated heterocycles. The third-order valence-electron chi connectivity index (χ3n) is 8.45. The molecule has 0 atom stereocenters. The van der Waals surface area contributed by atoms with Crippen molar-refractivity contribution in [3.63, 3.8) is 0 Å². The van der Waals surface area contributed by atoms with Crippen LogP contribution in [-0.4, -0.2) is 36.8 Å². The van der Waals surface area contributed by atoms with Crippen molar-refractivity contribution in [3.05, 3.63) is 64.4 Å². The first kappa shape index (κ1) is 22.9. The van der Waals surface area contributed by atoms with Gasteiger partial charge in [0.2, 0.25) is 5.91 Å². The van der Waals surface area contributed by atoms with Gasteiger partial charge in [-0.15, -0.1) is 0 Å². The van der Waals surface area contributed by atoms with Gasteiger partial charge in [0.1, 0.15) is 0 Å². The van der Waals surface area contributed by atoms with Crippen LogP contribution in [0, 0.1) is 24.7 Å². The summed E-state index contributed by atoms with van der Waals surface area (Å²) in [6.07, 6.45) is 7.41. The van der Waals surface area contributed by atoms with E-state index in [1.165, 1.54) is 31.0 Å². The molecule has 8 rings (SSSR count). The summed E-state index contributed by atoms with van der Waals surface area (Å²) in [5.74, 6) is 2.62. The summed E-state index contributed by atoms with van der Waals surface area (Å²) < 4.78 is 1.63. The minimum atomic E-state index is -0.379. The van der Waals surface area contributed by atoms with E-state index in [4.69, 9.17) is 10.1 Å². The molecule has 0 radical (unpaired) electrons. The van der Waals surface area contributed by atoms with Gasteiger partial charge in [0.05, 0.1) is 11.3 Å². The van der Waals surface area contributed by atoms with Crippen LogP contribution in [-0.2, 0) is 4.79 Å². The molecule has 4 aromatic rings. The maximum atomic E-state index is 13.2. The highest BCUT2D eigenvalue weighted by Gasteiger charge is 2.51. The lowest BCUT2D eigenvalue weighted by molar-refractivity contribution is -0.124. The Morgan fingerprint density at radius 1 is 1.00 bits per heavy atom. The Balaban J connectivity index is 1.22. The second-order valence-corrected chi connectivity index (χ2v) is 12.3. The minimum absolute atomic E-state index is 0.0196. The van der Waals surface area contributed by atoms with Crippen LogP contribution in [0.5, 0.6) is 0 Å². The molecule has 1 amide bonds. The lowest BCUT2D eigenvalue weighted by atomic mass is 9.53. The molecule has 8 heteroatoms. The molecule has 4 aliphatic rings. The molecule has 2 aromatic heterocycles. The fourth-order valence-corrected chi connectivity index (χ4v) is 8.06. The van der Waals surface area contributed by atoms with E-state index >= 15 is 0 Å². The molecular formula is C29H29N5O2S. The number of carbonyl (C=O) groups excluding carboxylic acids is 1. The first-order valence-electron chi connectivity index (χ1n) is 13.2. The van der Waals surface area contributed by atoms with Crippen molar-refractivity contribution in [2.45, 2.75) is 56.1 Å². The Morgan fingerprint density at radius 3 is 2.38 bits per heavy atom. The van der Waals surface area contributed by atoms with Crippen LogP contribution in [0.2, 0.25) is 0 Å². The Bertz CT molecular complexity index is 1560. The van der Waals surface area contributed by atoms with Gasteiger partial charge in [0.25, 0.3) is 5.56 Å². The van der Waals surface area contributed by atoms with E-state index < -0.39 is 0 Å². The number of amides is 1. The van der Waals surface area contributed by atoms with Crippen LogP contribution in [0.15, 0.2) is 58.5 Å². The van der Waals surface area contributed by atoms with Crippen molar-refractivity contribution < 1.29 is 4.79 Å². The largest absolute Gasteiger partial charge is 0.350 e. The van der Waals surface area contributed by atoms with E-state index in [2.05, 4.69) is 10.3 Å². The van der Waals surface area contributed by atoms with Crippen molar-refractivity contribution in [3.8, 4) is 11.3 Å². The number of thioether (sulfide) groups is 1. The highest BCUT2D eigenvalue weighted by atomic mass is 32.2. The second-order valence-electron chi connectivity index (χ2n) is 11.3. The molecule has 0 spiro atoms. The molecule has 2 heterocycles. The van der Waals surface area contributed by atoms with Crippen molar-refractivity contribution in [2.75, 3.05) is 5.75 Å². The summed E-state index contributed by atoms with van der Waals surface area (Å²) in [5.41, 5.74) is 2.87. The Morgan fingerprint density at radius 2 is 1.68 bits per heavy atom. The SMILES string of the molecule is Cc1ccc(-c2nn3c(SCC(=O)NC45CC6CC(CC(C6)C4)C5)nc4ccccc4c3nc2=O)cc1. The van der Waals surface area contributed by atoms with Crippen LogP contribution in [0.1, 0.15) is 44.1 Å². The van der Waals surface area contributed by atoms with E-state index in [0.29, 0.717) is 16.4 Å². The number of aryl methyl sites for hydroxylation is 1. The average molecular weight is 512 g/mol. The number of carbonyl (C=O) groups is 1. The van der Waals surface area contributed by atoms with E-state index in [9.17, 15) is 9.59 Å². The van der Waals surface area contributed by atoms with E-state index in [0.717, 1.165) is 53.5 Å². The Hall–Kier alpha value is -3.26. The quantitative estimate of drug-likeness (QED) is 0.235. The van der Waals surface area contributed by atoms with Crippen LogP contribution < -0.4 is 10.9 Å². The lowest BCUT2D eigenvalue weighted by Gasteiger charge is -2.56. The topological polar surface area (TPSA) is 89.2 Å². The van der Waals surface area contributed by atoms with Crippen LogP contribution in [0.4, 0.5) is 0 Å². The zero-order chi connectivity index (χ0) is 25.1. The number of fused-ring (bicyclic) bond motifs is 3. The first-order valence-corrected chi connectivity index (χ1v) is 14.1. The smallest absolute Gasteiger partial charge is 0.300 e. The standard InChI is InChI=1S/C29H29N5O2S/c1-17-6-8-21(9-7-17)25-27(36)31-26-22-4-2-3-5-23(22)30-28(34(26)33-25)37-16-24(35)32-29-13-18-10-19(14-29)12-20(11-18)15-29/h2-9,18-20H,10-16H2,1H3,(H,32,35). The van der Waals surface area contributed by atoms with Gasteiger partial charge in [-0.2, -0.15) is 14.6 Å². The molecular weight excluding hydrogens is 482 g/mol. The number of hydrogen-bond acceptors (Lipinski definition) is 6. The molecule has 4 aliphatic carbocycles. The monoisotopic (exact) mass is 511 g/mol. The predicted molar refractivity (Wildman–Crippen MR) is 145 cm³/mol. The third-order valence-corrected chi connectivity index (χ3v) is 9.38. The highest BCUT2D eigenvalue weighted by Crippen LogP contribution is 2.55. The first-order chi connectivity index (χ1) is 17.9. The summed E-state index contributed by atoms with van der Waals surface area (Å²) in [6.45, 7) is 2.00. The van der Waals surface area contributed by atoms with Gasteiger partial charge in [-0.05, 0) is 75.3 Å². The number of benzene rings is 2. The van der Waals surface area contributed by atoms with Crippen molar-refractivity contribution >= 4 is 34.2 Å². The summed E-state index contributed by atoms with van der Waals surface area (Å²) in [6, 6.07) is 15.3. The van der Waals surface area contributed by atoms with Crippen LogP contribution in [0.25, 0.3) is 27.8 Å². The maximum absolute atomic E-state index is 13.2. The zero-order valence-corrected chi connectivity index (χ0v) is 21.6. The molecule has 1 N–H and O–H groups in total. The third kappa shape index (κ3) is 4.11. The van der Waals surface area contributed by atoms with E-state index in [-0.39, 0.29) is 28.5 Å². The van der Waals surface area contributed by atoms with Gasteiger partial charge in [-0.3, -0.25) is 9.59 Å². The van der Waals surface area contributed by atoms with Gasteiger partial charge < -0.3 is 5.32 Å². The van der Waals surface area contributed by atoms with Crippen molar-refractivity contribution in [1.29, 1.82) is 0 Å². The molecule has 4 bridgehead atoms. The summed E-state index contributed by atoms with van der Waals surface area (Å²) in [5, 5.41) is 9.46.